The van der Waals surface area contributed by atoms with Gasteiger partial charge in [-0.3, -0.25) is 4.79 Å². The van der Waals surface area contributed by atoms with E-state index in [0.29, 0.717) is 24.5 Å². The maximum atomic E-state index is 13.5. The lowest BCUT2D eigenvalue weighted by Gasteiger charge is -2.31. The topological polar surface area (TPSA) is 66.5 Å². The van der Waals surface area contributed by atoms with Crippen molar-refractivity contribution in [3.63, 3.8) is 0 Å². The molecule has 0 aromatic heterocycles. The highest BCUT2D eigenvalue weighted by molar-refractivity contribution is 7.88. The highest BCUT2D eigenvalue weighted by atomic mass is 35.5. The Kier molecular flexibility index (Phi) is 5.44. The zero-order valence-corrected chi connectivity index (χ0v) is 18.0. The maximum Gasteiger partial charge on any atom is 0.235 e. The average Bonchev–Trinajstić information content (AvgIpc) is 3.18. The van der Waals surface area contributed by atoms with Crippen molar-refractivity contribution in [2.75, 3.05) is 18.1 Å². The predicted octanol–water partition coefficient (Wildman–Crippen LogP) is 4.11. The fraction of sp³-hybridized carbons (Fsp3) is 0.409. The summed E-state index contributed by atoms with van der Waals surface area (Å²) in [7, 11) is -3.23. The number of anilines is 1. The van der Waals surface area contributed by atoms with Crippen LogP contribution in [0.3, 0.4) is 0 Å². The number of hydrogen-bond acceptors (Lipinski definition) is 3. The van der Waals surface area contributed by atoms with E-state index in [1.165, 1.54) is 10.6 Å². The smallest absolute Gasteiger partial charge is 0.235 e. The Hall–Kier alpha value is -1.89. The van der Waals surface area contributed by atoms with Gasteiger partial charge in [-0.1, -0.05) is 48.7 Å². The molecule has 1 heterocycles. The molecular formula is C22H25ClN2O3S. The molecular weight excluding hydrogens is 408 g/mol. The third-order valence-electron chi connectivity index (χ3n) is 6.22. The second kappa shape index (κ2) is 7.74. The SMILES string of the molecule is CS(=O)(=O)N1CCc2c(cccc2NC(=O)C2(c3cccc(Cl)c3)CCCC2)C1. The molecule has 154 valence electrons. The molecule has 1 aliphatic carbocycles. The Morgan fingerprint density at radius 2 is 1.86 bits per heavy atom. The molecule has 2 aromatic rings. The van der Waals surface area contributed by atoms with Gasteiger partial charge in [-0.25, -0.2) is 8.42 Å². The van der Waals surface area contributed by atoms with Gasteiger partial charge in [0.2, 0.25) is 15.9 Å². The van der Waals surface area contributed by atoms with Crippen LogP contribution in [0, 0.1) is 0 Å². The fourth-order valence-electron chi connectivity index (χ4n) is 4.64. The van der Waals surface area contributed by atoms with Gasteiger partial charge in [0.25, 0.3) is 0 Å². The molecule has 2 aliphatic rings. The Morgan fingerprint density at radius 1 is 1.14 bits per heavy atom. The lowest BCUT2D eigenvalue weighted by Crippen LogP contribution is -2.39. The van der Waals surface area contributed by atoms with Crippen molar-refractivity contribution >= 4 is 33.2 Å². The van der Waals surface area contributed by atoms with Gasteiger partial charge in [-0.2, -0.15) is 4.31 Å². The van der Waals surface area contributed by atoms with Crippen molar-refractivity contribution < 1.29 is 13.2 Å². The number of fused-ring (bicyclic) bond motifs is 1. The lowest BCUT2D eigenvalue weighted by molar-refractivity contribution is -0.121. The molecule has 1 amide bonds. The first-order chi connectivity index (χ1) is 13.8. The van der Waals surface area contributed by atoms with E-state index in [-0.39, 0.29) is 5.91 Å². The van der Waals surface area contributed by atoms with Crippen molar-refractivity contribution in [2.24, 2.45) is 0 Å². The maximum absolute atomic E-state index is 13.5. The van der Waals surface area contributed by atoms with Crippen LogP contribution in [0.1, 0.15) is 42.4 Å². The first-order valence-corrected chi connectivity index (χ1v) is 12.2. The third kappa shape index (κ3) is 3.93. The number of carbonyl (C=O) groups is 1. The molecule has 0 bridgehead atoms. The van der Waals surface area contributed by atoms with Gasteiger partial charge >= 0.3 is 0 Å². The summed E-state index contributed by atoms with van der Waals surface area (Å²) in [6.07, 6.45) is 5.44. The van der Waals surface area contributed by atoms with Crippen LogP contribution in [0.4, 0.5) is 5.69 Å². The second-order valence-electron chi connectivity index (χ2n) is 8.04. The average molecular weight is 433 g/mol. The molecule has 7 heteroatoms. The first kappa shape index (κ1) is 20.4. The zero-order chi connectivity index (χ0) is 20.6. The van der Waals surface area contributed by atoms with E-state index < -0.39 is 15.4 Å². The molecule has 4 rings (SSSR count). The molecule has 1 saturated carbocycles. The number of rotatable bonds is 4. The van der Waals surface area contributed by atoms with E-state index in [1.54, 1.807) is 0 Å². The monoisotopic (exact) mass is 432 g/mol. The van der Waals surface area contributed by atoms with Crippen LogP contribution >= 0.6 is 11.6 Å². The van der Waals surface area contributed by atoms with Crippen molar-refractivity contribution in [1.29, 1.82) is 0 Å². The summed E-state index contributed by atoms with van der Waals surface area (Å²) >= 11 is 6.21. The molecule has 0 radical (unpaired) electrons. The Balaban J connectivity index is 1.63. The molecule has 0 unspecified atom stereocenters. The number of nitrogens with zero attached hydrogens (tertiary/aromatic N) is 1. The molecule has 2 aromatic carbocycles. The standard InChI is InChI=1S/C22H25ClN2O3S/c1-29(27,28)25-13-10-19-16(15-25)6-4-9-20(19)24-21(26)22(11-2-3-12-22)17-7-5-8-18(23)14-17/h4-9,14H,2-3,10-13,15H2,1H3,(H,24,26). The normalized spacial score (nSPS) is 19.0. The molecule has 1 aliphatic heterocycles. The van der Waals surface area contributed by atoms with E-state index in [9.17, 15) is 13.2 Å². The fourth-order valence-corrected chi connectivity index (χ4v) is 5.62. The largest absolute Gasteiger partial charge is 0.325 e. The van der Waals surface area contributed by atoms with Crippen LogP contribution in [0.2, 0.25) is 5.02 Å². The van der Waals surface area contributed by atoms with E-state index >= 15 is 0 Å². The second-order valence-corrected chi connectivity index (χ2v) is 10.5. The van der Waals surface area contributed by atoms with Crippen molar-refractivity contribution in [3.8, 4) is 0 Å². The van der Waals surface area contributed by atoms with Crippen molar-refractivity contribution in [3.05, 3.63) is 64.2 Å². The van der Waals surface area contributed by atoms with Gasteiger partial charge in [0.1, 0.15) is 0 Å². The van der Waals surface area contributed by atoms with Gasteiger partial charge in [0.15, 0.2) is 0 Å². The van der Waals surface area contributed by atoms with Gasteiger partial charge in [-0.15, -0.1) is 0 Å². The molecule has 1 N–H and O–H groups in total. The van der Waals surface area contributed by atoms with Gasteiger partial charge in [-0.05, 0) is 54.2 Å². The van der Waals surface area contributed by atoms with Gasteiger partial charge < -0.3 is 5.32 Å². The number of sulfonamides is 1. The molecule has 0 saturated heterocycles. The quantitative estimate of drug-likeness (QED) is 0.790. The minimum Gasteiger partial charge on any atom is -0.325 e. The summed E-state index contributed by atoms with van der Waals surface area (Å²) in [5.41, 5.74) is 3.16. The van der Waals surface area contributed by atoms with Crippen LogP contribution in [0.25, 0.3) is 0 Å². The van der Waals surface area contributed by atoms with Crippen LogP contribution in [0.15, 0.2) is 42.5 Å². The van der Waals surface area contributed by atoms with Crippen LogP contribution in [0.5, 0.6) is 0 Å². The van der Waals surface area contributed by atoms with E-state index in [0.717, 1.165) is 48.1 Å². The number of carbonyl (C=O) groups excluding carboxylic acids is 1. The molecule has 5 nitrogen and oxygen atoms in total. The first-order valence-electron chi connectivity index (χ1n) is 9.93. The minimum absolute atomic E-state index is 0.00351. The summed E-state index contributed by atoms with van der Waals surface area (Å²) < 4.78 is 25.3. The summed E-state index contributed by atoms with van der Waals surface area (Å²) in [6.45, 7) is 0.773. The Labute approximate surface area is 177 Å². The summed E-state index contributed by atoms with van der Waals surface area (Å²) in [6, 6.07) is 13.3. The Morgan fingerprint density at radius 3 is 2.55 bits per heavy atom. The minimum atomic E-state index is -3.23. The van der Waals surface area contributed by atoms with E-state index in [4.69, 9.17) is 11.6 Å². The Bertz CT molecular complexity index is 1050. The number of halogens is 1. The lowest BCUT2D eigenvalue weighted by atomic mass is 9.78. The molecule has 0 atom stereocenters. The van der Waals surface area contributed by atoms with Gasteiger partial charge in [0.05, 0.1) is 11.7 Å². The van der Waals surface area contributed by atoms with Crippen LogP contribution < -0.4 is 5.32 Å². The van der Waals surface area contributed by atoms with Crippen LogP contribution in [-0.2, 0) is 33.2 Å². The number of benzene rings is 2. The predicted molar refractivity (Wildman–Crippen MR) is 116 cm³/mol. The summed E-state index contributed by atoms with van der Waals surface area (Å²) in [5, 5.41) is 3.81. The summed E-state index contributed by atoms with van der Waals surface area (Å²) in [5.74, 6) is -0.00351. The number of nitrogens with one attached hydrogen (secondary N) is 1. The van der Waals surface area contributed by atoms with Gasteiger partial charge in [0, 0.05) is 23.8 Å². The highest BCUT2D eigenvalue weighted by Crippen LogP contribution is 2.43. The third-order valence-corrected chi connectivity index (χ3v) is 7.70. The molecule has 1 fully saturated rings. The van der Waals surface area contributed by atoms with E-state index in [2.05, 4.69) is 5.32 Å². The van der Waals surface area contributed by atoms with E-state index in [1.807, 2.05) is 42.5 Å². The number of hydrogen-bond donors (Lipinski definition) is 1. The number of amides is 1. The van der Waals surface area contributed by atoms with Crippen molar-refractivity contribution in [2.45, 2.75) is 44.1 Å². The zero-order valence-electron chi connectivity index (χ0n) is 16.4. The van der Waals surface area contributed by atoms with Crippen molar-refractivity contribution in [1.82, 2.24) is 4.31 Å². The molecule has 0 spiro atoms. The summed E-state index contributed by atoms with van der Waals surface area (Å²) in [4.78, 5) is 13.5. The molecule has 29 heavy (non-hydrogen) atoms. The van der Waals surface area contributed by atoms with Crippen LogP contribution in [-0.4, -0.2) is 31.4 Å². The highest BCUT2D eigenvalue weighted by Gasteiger charge is 2.43.